The summed E-state index contributed by atoms with van der Waals surface area (Å²) in [6.45, 7) is 3.53. The number of ether oxygens (including phenoxy) is 1. The van der Waals surface area contributed by atoms with Gasteiger partial charge in [0.1, 0.15) is 17.1 Å². The fourth-order valence-electron chi connectivity index (χ4n) is 3.36. The molecule has 0 spiro atoms. The Morgan fingerprint density at radius 1 is 1.22 bits per heavy atom. The molecule has 0 aliphatic heterocycles. The summed E-state index contributed by atoms with van der Waals surface area (Å²) in [5, 5.41) is 0.353. The SMILES string of the molecule is CCOc1ccc(CC(=O)N(CCCn2ccnc2)c2nc3c(F)cc(F)cc3s2)cc1. The first-order valence-electron chi connectivity index (χ1n) is 10.3. The number of fused-ring (bicyclic) bond motifs is 1. The van der Waals surface area contributed by atoms with E-state index >= 15 is 0 Å². The Labute approximate surface area is 188 Å². The molecule has 0 atom stereocenters. The van der Waals surface area contributed by atoms with Crippen LogP contribution in [0.3, 0.4) is 0 Å². The van der Waals surface area contributed by atoms with Gasteiger partial charge in [-0.25, -0.2) is 18.7 Å². The molecule has 2 heterocycles. The second-order valence-electron chi connectivity index (χ2n) is 7.18. The number of anilines is 1. The van der Waals surface area contributed by atoms with E-state index in [0.29, 0.717) is 35.9 Å². The quantitative estimate of drug-likeness (QED) is 0.362. The summed E-state index contributed by atoms with van der Waals surface area (Å²) in [6.07, 6.45) is 6.06. The van der Waals surface area contributed by atoms with Crippen molar-refractivity contribution in [3.63, 3.8) is 0 Å². The summed E-state index contributed by atoms with van der Waals surface area (Å²) in [4.78, 5) is 23.1. The van der Waals surface area contributed by atoms with Gasteiger partial charge < -0.3 is 9.30 Å². The highest BCUT2D eigenvalue weighted by molar-refractivity contribution is 7.22. The number of benzene rings is 2. The molecule has 4 rings (SSSR count). The van der Waals surface area contributed by atoms with Crippen molar-refractivity contribution in [3.05, 3.63) is 72.3 Å². The predicted molar refractivity (Wildman–Crippen MR) is 120 cm³/mol. The van der Waals surface area contributed by atoms with Gasteiger partial charge in [0.2, 0.25) is 5.91 Å². The lowest BCUT2D eigenvalue weighted by molar-refractivity contribution is -0.118. The van der Waals surface area contributed by atoms with Crippen molar-refractivity contribution in [1.29, 1.82) is 0 Å². The number of carbonyl (C=O) groups is 1. The minimum Gasteiger partial charge on any atom is -0.494 e. The molecule has 0 saturated heterocycles. The lowest BCUT2D eigenvalue weighted by atomic mass is 10.1. The van der Waals surface area contributed by atoms with Gasteiger partial charge in [0.05, 0.1) is 24.1 Å². The van der Waals surface area contributed by atoms with Crippen LogP contribution in [0, 0.1) is 11.6 Å². The number of nitrogens with zero attached hydrogens (tertiary/aromatic N) is 4. The first-order chi connectivity index (χ1) is 15.5. The third-order valence-corrected chi connectivity index (χ3v) is 5.91. The van der Waals surface area contributed by atoms with Crippen LogP contribution in [0.1, 0.15) is 18.9 Å². The fraction of sp³-hybridized carbons (Fsp3) is 0.261. The number of aromatic nitrogens is 3. The van der Waals surface area contributed by atoms with E-state index in [1.54, 1.807) is 17.4 Å². The van der Waals surface area contributed by atoms with E-state index in [9.17, 15) is 13.6 Å². The van der Waals surface area contributed by atoms with Crippen molar-refractivity contribution in [2.75, 3.05) is 18.1 Å². The average molecular weight is 457 g/mol. The lowest BCUT2D eigenvalue weighted by Gasteiger charge is -2.20. The number of halogens is 2. The molecule has 0 aliphatic carbocycles. The second-order valence-corrected chi connectivity index (χ2v) is 8.19. The van der Waals surface area contributed by atoms with Gasteiger partial charge in [-0.3, -0.25) is 9.69 Å². The minimum atomic E-state index is -0.736. The number of imidazole rings is 1. The molecule has 0 saturated carbocycles. The van der Waals surface area contributed by atoms with Gasteiger partial charge in [-0.05, 0) is 37.1 Å². The van der Waals surface area contributed by atoms with E-state index in [-0.39, 0.29) is 17.8 Å². The van der Waals surface area contributed by atoms with E-state index < -0.39 is 11.6 Å². The number of rotatable bonds is 9. The summed E-state index contributed by atoms with van der Waals surface area (Å²) in [7, 11) is 0. The third kappa shape index (κ3) is 5.11. The Morgan fingerprint density at radius 3 is 2.75 bits per heavy atom. The summed E-state index contributed by atoms with van der Waals surface area (Å²) in [5.41, 5.74) is 0.899. The van der Waals surface area contributed by atoms with E-state index in [4.69, 9.17) is 4.74 Å². The van der Waals surface area contributed by atoms with Crippen molar-refractivity contribution in [2.24, 2.45) is 0 Å². The minimum absolute atomic E-state index is 0.0693. The van der Waals surface area contributed by atoms with Crippen molar-refractivity contribution < 1.29 is 18.3 Å². The van der Waals surface area contributed by atoms with Crippen molar-refractivity contribution in [2.45, 2.75) is 26.3 Å². The van der Waals surface area contributed by atoms with Crippen molar-refractivity contribution in [3.8, 4) is 5.75 Å². The molecule has 0 bridgehead atoms. The lowest BCUT2D eigenvalue weighted by Crippen LogP contribution is -2.33. The Morgan fingerprint density at radius 2 is 2.03 bits per heavy atom. The number of hydrogen-bond acceptors (Lipinski definition) is 5. The van der Waals surface area contributed by atoms with Crippen molar-refractivity contribution >= 4 is 32.6 Å². The summed E-state index contributed by atoms with van der Waals surface area (Å²) >= 11 is 1.10. The van der Waals surface area contributed by atoms with Crippen LogP contribution in [-0.2, 0) is 17.8 Å². The average Bonchev–Trinajstić information content (AvgIpc) is 3.42. The van der Waals surface area contributed by atoms with Crippen LogP contribution in [0.2, 0.25) is 0 Å². The first kappa shape index (κ1) is 21.9. The zero-order valence-corrected chi connectivity index (χ0v) is 18.3. The number of thiazole rings is 1. The molecule has 2 aromatic heterocycles. The highest BCUT2D eigenvalue weighted by Gasteiger charge is 2.21. The van der Waals surface area contributed by atoms with E-state index in [1.165, 1.54) is 6.07 Å². The summed E-state index contributed by atoms with van der Waals surface area (Å²) < 4.78 is 35.6. The molecule has 166 valence electrons. The molecular formula is C23H22F2N4O2S. The zero-order chi connectivity index (χ0) is 22.5. The van der Waals surface area contributed by atoms with E-state index in [0.717, 1.165) is 28.7 Å². The van der Waals surface area contributed by atoms with Crippen LogP contribution in [0.4, 0.5) is 13.9 Å². The molecular weight excluding hydrogens is 434 g/mol. The molecule has 2 aromatic carbocycles. The highest BCUT2D eigenvalue weighted by atomic mass is 32.1. The Bertz CT molecular complexity index is 1190. The van der Waals surface area contributed by atoms with Crippen LogP contribution in [0.5, 0.6) is 5.75 Å². The first-order valence-corrected chi connectivity index (χ1v) is 11.1. The van der Waals surface area contributed by atoms with Crippen molar-refractivity contribution in [1.82, 2.24) is 14.5 Å². The van der Waals surface area contributed by atoms with Crippen LogP contribution in [0.15, 0.2) is 55.1 Å². The van der Waals surface area contributed by atoms with Crippen LogP contribution >= 0.6 is 11.3 Å². The molecule has 0 radical (unpaired) electrons. The monoisotopic (exact) mass is 456 g/mol. The summed E-state index contributed by atoms with van der Waals surface area (Å²) in [5.74, 6) is -0.832. The molecule has 0 fully saturated rings. The number of carbonyl (C=O) groups excluding carboxylic acids is 1. The van der Waals surface area contributed by atoms with Gasteiger partial charge in [0, 0.05) is 31.5 Å². The number of aryl methyl sites for hydroxylation is 1. The van der Waals surface area contributed by atoms with Crippen LogP contribution in [0.25, 0.3) is 10.2 Å². The Balaban J connectivity index is 1.56. The smallest absolute Gasteiger partial charge is 0.233 e. The van der Waals surface area contributed by atoms with Gasteiger partial charge in [0.25, 0.3) is 0 Å². The fourth-order valence-corrected chi connectivity index (χ4v) is 4.41. The molecule has 1 amide bonds. The molecule has 4 aromatic rings. The number of hydrogen-bond donors (Lipinski definition) is 0. The predicted octanol–water partition coefficient (Wildman–Crippen LogP) is 4.84. The molecule has 32 heavy (non-hydrogen) atoms. The number of amides is 1. The maximum atomic E-state index is 14.2. The zero-order valence-electron chi connectivity index (χ0n) is 17.5. The highest BCUT2D eigenvalue weighted by Crippen LogP contribution is 2.31. The van der Waals surface area contributed by atoms with Gasteiger partial charge in [-0.15, -0.1) is 0 Å². The van der Waals surface area contributed by atoms with Gasteiger partial charge in [-0.1, -0.05) is 23.5 Å². The standard InChI is InChI=1S/C23H22F2N4O2S/c1-2-31-18-6-4-16(5-7-18)12-21(30)29(10-3-9-28-11-8-26-15-28)23-27-22-19(25)13-17(24)14-20(22)32-23/h4-8,11,13-15H,2-3,9-10,12H2,1H3. The molecule has 0 N–H and O–H groups in total. The van der Waals surface area contributed by atoms with Gasteiger partial charge >= 0.3 is 0 Å². The molecule has 0 unspecified atom stereocenters. The van der Waals surface area contributed by atoms with Gasteiger partial charge in [0.15, 0.2) is 10.9 Å². The Kier molecular flexibility index (Phi) is 6.75. The van der Waals surface area contributed by atoms with E-state index in [2.05, 4.69) is 9.97 Å². The second kappa shape index (κ2) is 9.86. The van der Waals surface area contributed by atoms with E-state index in [1.807, 2.05) is 42.0 Å². The van der Waals surface area contributed by atoms with Gasteiger partial charge in [-0.2, -0.15) is 0 Å². The normalized spacial score (nSPS) is 11.1. The summed E-state index contributed by atoms with van der Waals surface area (Å²) in [6, 6.07) is 9.38. The molecule has 9 heteroatoms. The molecule has 6 nitrogen and oxygen atoms in total. The largest absolute Gasteiger partial charge is 0.494 e. The third-order valence-electron chi connectivity index (χ3n) is 4.88. The maximum absolute atomic E-state index is 14.2. The topological polar surface area (TPSA) is 60.2 Å². The molecule has 0 aliphatic rings. The maximum Gasteiger partial charge on any atom is 0.233 e. The van der Waals surface area contributed by atoms with Crippen LogP contribution < -0.4 is 9.64 Å². The van der Waals surface area contributed by atoms with Crippen LogP contribution in [-0.4, -0.2) is 33.6 Å². The Hall–Kier alpha value is -3.33.